The maximum Gasteiger partial charge on any atom is 0.371 e. The third-order valence-electron chi connectivity index (χ3n) is 3.56. The second-order valence-corrected chi connectivity index (χ2v) is 5.03. The van der Waals surface area contributed by atoms with Crippen LogP contribution in [0, 0.1) is 0 Å². The molecule has 1 spiro atoms. The van der Waals surface area contributed by atoms with Gasteiger partial charge in [-0.15, -0.1) is 0 Å². The van der Waals surface area contributed by atoms with Gasteiger partial charge >= 0.3 is 11.9 Å². The Morgan fingerprint density at radius 3 is 2.67 bits per heavy atom. The standard InChI is InChI=1S/C15H13FO5/c1-9(16)13(17)19-10-5-4-6-11-12(10)14(18)21-15(20-11)7-2-3-8-15/h4-6H,1-3,7-8H2. The van der Waals surface area contributed by atoms with E-state index in [-0.39, 0.29) is 17.1 Å². The van der Waals surface area contributed by atoms with Crippen LogP contribution in [0.3, 0.4) is 0 Å². The Labute approximate surface area is 120 Å². The molecule has 0 bridgehead atoms. The minimum absolute atomic E-state index is 0.00961. The third kappa shape index (κ3) is 2.37. The van der Waals surface area contributed by atoms with Crippen molar-refractivity contribution in [3.63, 3.8) is 0 Å². The molecule has 0 unspecified atom stereocenters. The Morgan fingerprint density at radius 1 is 1.29 bits per heavy atom. The summed E-state index contributed by atoms with van der Waals surface area (Å²) in [7, 11) is 0. The zero-order valence-electron chi connectivity index (χ0n) is 11.2. The Hall–Kier alpha value is -2.37. The fourth-order valence-corrected chi connectivity index (χ4v) is 2.60. The number of carbonyl (C=O) groups is 2. The highest BCUT2D eigenvalue weighted by Crippen LogP contribution is 2.43. The van der Waals surface area contributed by atoms with Gasteiger partial charge in [-0.25, -0.2) is 9.59 Å². The summed E-state index contributed by atoms with van der Waals surface area (Å²) in [5.74, 6) is -3.87. The molecule has 21 heavy (non-hydrogen) atoms. The van der Waals surface area contributed by atoms with Crippen molar-refractivity contribution in [1.82, 2.24) is 0 Å². The summed E-state index contributed by atoms with van der Waals surface area (Å²) in [6.07, 6.45) is 3.09. The normalized spacial score (nSPS) is 18.6. The molecule has 3 rings (SSSR count). The molecule has 1 aliphatic heterocycles. The zero-order chi connectivity index (χ0) is 15.0. The lowest BCUT2D eigenvalue weighted by Crippen LogP contribution is -2.42. The van der Waals surface area contributed by atoms with Gasteiger partial charge in [-0.2, -0.15) is 4.39 Å². The van der Waals surface area contributed by atoms with E-state index in [4.69, 9.17) is 14.2 Å². The number of esters is 2. The predicted octanol–water partition coefficient (Wildman–Crippen LogP) is 2.89. The van der Waals surface area contributed by atoms with Crippen molar-refractivity contribution in [2.75, 3.05) is 0 Å². The second kappa shape index (κ2) is 4.87. The summed E-state index contributed by atoms with van der Waals surface area (Å²) in [6.45, 7) is 2.85. The molecule has 0 amide bonds. The molecule has 0 aromatic heterocycles. The fraction of sp³-hybridized carbons (Fsp3) is 0.333. The molecule has 1 fully saturated rings. The smallest absolute Gasteiger partial charge is 0.371 e. The molecule has 0 saturated heterocycles. The summed E-state index contributed by atoms with van der Waals surface area (Å²) >= 11 is 0. The van der Waals surface area contributed by atoms with E-state index in [1.165, 1.54) is 6.07 Å². The lowest BCUT2D eigenvalue weighted by Gasteiger charge is -2.34. The predicted molar refractivity (Wildman–Crippen MR) is 69.6 cm³/mol. The molecule has 1 saturated carbocycles. The average molecular weight is 292 g/mol. The summed E-state index contributed by atoms with van der Waals surface area (Å²) in [4.78, 5) is 23.5. The van der Waals surface area contributed by atoms with Crippen LogP contribution in [0.2, 0.25) is 0 Å². The highest BCUT2D eigenvalue weighted by Gasteiger charge is 2.45. The van der Waals surface area contributed by atoms with Crippen molar-refractivity contribution in [3.8, 4) is 11.5 Å². The van der Waals surface area contributed by atoms with Crippen LogP contribution in [0.1, 0.15) is 36.0 Å². The van der Waals surface area contributed by atoms with E-state index in [9.17, 15) is 14.0 Å². The van der Waals surface area contributed by atoms with Gasteiger partial charge < -0.3 is 14.2 Å². The lowest BCUT2D eigenvalue weighted by atomic mass is 10.1. The summed E-state index contributed by atoms with van der Waals surface area (Å²) in [5.41, 5.74) is -0.00961. The van der Waals surface area contributed by atoms with Gasteiger partial charge in [0.1, 0.15) is 17.1 Å². The largest absolute Gasteiger partial charge is 0.451 e. The molecule has 0 atom stereocenters. The molecule has 1 aromatic rings. The number of rotatable bonds is 2. The molecule has 0 N–H and O–H groups in total. The summed E-state index contributed by atoms with van der Waals surface area (Å²) < 4.78 is 28.7. The van der Waals surface area contributed by atoms with Crippen LogP contribution in [-0.2, 0) is 9.53 Å². The number of benzene rings is 1. The van der Waals surface area contributed by atoms with E-state index in [0.717, 1.165) is 12.8 Å². The zero-order valence-corrected chi connectivity index (χ0v) is 11.2. The minimum atomic E-state index is -1.25. The van der Waals surface area contributed by atoms with Gasteiger partial charge in [0.25, 0.3) is 5.79 Å². The van der Waals surface area contributed by atoms with Crippen molar-refractivity contribution < 1.29 is 28.2 Å². The molecule has 5 nitrogen and oxygen atoms in total. The molecule has 110 valence electrons. The van der Waals surface area contributed by atoms with Crippen molar-refractivity contribution in [2.45, 2.75) is 31.5 Å². The Morgan fingerprint density at radius 2 is 2.00 bits per heavy atom. The van der Waals surface area contributed by atoms with E-state index in [1.807, 2.05) is 0 Å². The summed E-state index contributed by atoms with van der Waals surface area (Å²) in [6, 6.07) is 4.53. The highest BCUT2D eigenvalue weighted by atomic mass is 19.1. The number of hydrogen-bond acceptors (Lipinski definition) is 5. The molecular formula is C15H13FO5. The number of hydrogen-bond donors (Lipinski definition) is 0. The van der Waals surface area contributed by atoms with Crippen molar-refractivity contribution in [1.29, 1.82) is 0 Å². The van der Waals surface area contributed by atoms with E-state index >= 15 is 0 Å². The van der Waals surface area contributed by atoms with Crippen LogP contribution in [0.4, 0.5) is 4.39 Å². The van der Waals surface area contributed by atoms with Gasteiger partial charge in [0.15, 0.2) is 0 Å². The Balaban J connectivity index is 1.95. The molecule has 1 aromatic carbocycles. The van der Waals surface area contributed by atoms with Gasteiger partial charge in [-0.1, -0.05) is 12.6 Å². The second-order valence-electron chi connectivity index (χ2n) is 5.03. The minimum Gasteiger partial charge on any atom is -0.451 e. The fourth-order valence-electron chi connectivity index (χ4n) is 2.60. The summed E-state index contributed by atoms with van der Waals surface area (Å²) in [5, 5.41) is 0. The van der Waals surface area contributed by atoms with Crippen LogP contribution >= 0.6 is 0 Å². The van der Waals surface area contributed by atoms with Crippen LogP contribution in [0.5, 0.6) is 11.5 Å². The molecule has 1 aliphatic carbocycles. The highest BCUT2D eigenvalue weighted by molar-refractivity contribution is 5.98. The van der Waals surface area contributed by atoms with Gasteiger partial charge in [-0.05, 0) is 25.0 Å². The monoisotopic (exact) mass is 292 g/mol. The van der Waals surface area contributed by atoms with E-state index in [2.05, 4.69) is 6.58 Å². The van der Waals surface area contributed by atoms with Gasteiger partial charge in [-0.3, -0.25) is 0 Å². The van der Waals surface area contributed by atoms with Crippen LogP contribution in [0.15, 0.2) is 30.6 Å². The maximum atomic E-state index is 12.7. The first-order valence-corrected chi connectivity index (χ1v) is 6.63. The van der Waals surface area contributed by atoms with Crippen molar-refractivity contribution in [2.24, 2.45) is 0 Å². The number of fused-ring (bicyclic) bond motifs is 1. The molecule has 0 radical (unpaired) electrons. The van der Waals surface area contributed by atoms with Gasteiger partial charge in [0.2, 0.25) is 5.83 Å². The van der Waals surface area contributed by atoms with E-state index in [0.29, 0.717) is 12.8 Å². The van der Waals surface area contributed by atoms with Gasteiger partial charge in [0, 0.05) is 12.8 Å². The number of halogens is 1. The van der Waals surface area contributed by atoms with Crippen LogP contribution < -0.4 is 9.47 Å². The Kier molecular flexibility index (Phi) is 3.16. The van der Waals surface area contributed by atoms with E-state index in [1.54, 1.807) is 12.1 Å². The molecule has 2 aliphatic rings. The van der Waals surface area contributed by atoms with Crippen LogP contribution in [-0.4, -0.2) is 17.7 Å². The van der Waals surface area contributed by atoms with Crippen molar-refractivity contribution >= 4 is 11.9 Å². The third-order valence-corrected chi connectivity index (χ3v) is 3.56. The number of ether oxygens (including phenoxy) is 3. The average Bonchev–Trinajstić information content (AvgIpc) is 2.85. The quantitative estimate of drug-likeness (QED) is 0.476. The first kappa shape index (κ1) is 13.6. The SMILES string of the molecule is C=C(F)C(=O)Oc1cccc2c1C(=O)OC1(CCCC1)O2. The first-order valence-electron chi connectivity index (χ1n) is 6.63. The maximum absolute atomic E-state index is 12.7. The Bertz CT molecular complexity index is 631. The van der Waals surface area contributed by atoms with Crippen LogP contribution in [0.25, 0.3) is 0 Å². The topological polar surface area (TPSA) is 61.8 Å². The van der Waals surface area contributed by atoms with Gasteiger partial charge in [0.05, 0.1) is 0 Å². The molecule has 6 heteroatoms. The lowest BCUT2D eigenvalue weighted by molar-refractivity contribution is -0.149. The number of carbonyl (C=O) groups excluding carboxylic acids is 2. The molecular weight excluding hydrogens is 279 g/mol. The van der Waals surface area contributed by atoms with Crippen molar-refractivity contribution in [3.05, 3.63) is 36.2 Å². The molecule has 1 heterocycles. The first-order chi connectivity index (χ1) is 10.0. The van der Waals surface area contributed by atoms with E-state index < -0.39 is 23.6 Å².